The molecule has 150 valence electrons. The van der Waals surface area contributed by atoms with Crippen molar-refractivity contribution in [2.45, 2.75) is 16.4 Å². The van der Waals surface area contributed by atoms with Crippen LogP contribution in [0.3, 0.4) is 0 Å². The topological polar surface area (TPSA) is 29.1 Å². The number of benzene rings is 3. The van der Waals surface area contributed by atoms with Gasteiger partial charge >= 0.3 is 0 Å². The first-order valence-corrected chi connectivity index (χ1v) is 12.1. The molecule has 0 aliphatic carbocycles. The van der Waals surface area contributed by atoms with Crippen LogP contribution in [0, 0.1) is 0 Å². The van der Waals surface area contributed by atoms with E-state index in [2.05, 4.69) is 5.32 Å². The van der Waals surface area contributed by atoms with Crippen LogP contribution in [-0.2, 0) is 11.5 Å². The fourth-order valence-electron chi connectivity index (χ4n) is 2.59. The van der Waals surface area contributed by atoms with Gasteiger partial charge in [0.05, 0.1) is 0 Å². The van der Waals surface area contributed by atoms with Crippen LogP contribution in [0.15, 0.2) is 77.7 Å². The number of carbonyl (C=O) groups is 1. The molecule has 3 rings (SSSR count). The molecular weight excluding hydrogens is 441 g/mol. The molecule has 29 heavy (non-hydrogen) atoms. The lowest BCUT2D eigenvalue weighted by atomic mass is 10.1. The smallest absolute Gasteiger partial charge is 0.251 e. The second kappa shape index (κ2) is 11.6. The Kier molecular flexibility index (Phi) is 8.81. The van der Waals surface area contributed by atoms with E-state index in [-0.39, 0.29) is 5.91 Å². The number of hydrogen-bond donors (Lipinski definition) is 1. The van der Waals surface area contributed by atoms with Gasteiger partial charge in [-0.15, -0.1) is 11.8 Å². The summed E-state index contributed by atoms with van der Waals surface area (Å²) >= 11 is 15.6. The Morgan fingerprint density at radius 3 is 2.31 bits per heavy atom. The minimum absolute atomic E-state index is 0.0414. The third kappa shape index (κ3) is 7.31. The maximum atomic E-state index is 12.3. The molecule has 1 amide bonds. The molecule has 0 bridgehead atoms. The Hall–Kier alpha value is -1.59. The quantitative estimate of drug-likeness (QED) is 0.276. The lowest BCUT2D eigenvalue weighted by Crippen LogP contribution is -2.25. The molecule has 0 heterocycles. The molecule has 0 aliphatic rings. The summed E-state index contributed by atoms with van der Waals surface area (Å²) in [6.45, 7) is 0.627. The van der Waals surface area contributed by atoms with E-state index in [0.29, 0.717) is 12.1 Å². The summed E-state index contributed by atoms with van der Waals surface area (Å²) in [5, 5.41) is 4.50. The van der Waals surface area contributed by atoms with E-state index in [1.165, 1.54) is 10.5 Å². The zero-order chi connectivity index (χ0) is 20.5. The summed E-state index contributed by atoms with van der Waals surface area (Å²) in [5.41, 5.74) is 2.98. The van der Waals surface area contributed by atoms with Gasteiger partial charge in [-0.25, -0.2) is 0 Å². The molecule has 2 nitrogen and oxygen atoms in total. The molecule has 0 saturated carbocycles. The Balaban J connectivity index is 1.38. The fraction of sp³-hybridized carbons (Fsp3) is 0.174. The largest absolute Gasteiger partial charge is 0.351 e. The molecule has 0 atom stereocenters. The monoisotopic (exact) mass is 461 g/mol. The van der Waals surface area contributed by atoms with E-state index >= 15 is 0 Å². The van der Waals surface area contributed by atoms with Crippen LogP contribution in [0.2, 0.25) is 10.0 Å². The molecule has 6 heteroatoms. The number of nitrogens with one attached hydrogen (secondary N) is 1. The average Bonchev–Trinajstić information content (AvgIpc) is 2.74. The zero-order valence-electron chi connectivity index (χ0n) is 15.7. The van der Waals surface area contributed by atoms with Crippen molar-refractivity contribution in [1.29, 1.82) is 0 Å². The van der Waals surface area contributed by atoms with Crippen molar-refractivity contribution in [3.8, 4) is 0 Å². The van der Waals surface area contributed by atoms with Crippen molar-refractivity contribution in [3.05, 3.63) is 99.5 Å². The second-order valence-electron chi connectivity index (χ2n) is 6.34. The van der Waals surface area contributed by atoms with Crippen LogP contribution in [0.4, 0.5) is 0 Å². The summed E-state index contributed by atoms with van der Waals surface area (Å²) in [6.07, 6.45) is 0. The van der Waals surface area contributed by atoms with Crippen LogP contribution in [0.5, 0.6) is 0 Å². The van der Waals surface area contributed by atoms with Crippen molar-refractivity contribution >= 4 is 52.6 Å². The highest BCUT2D eigenvalue weighted by Crippen LogP contribution is 2.24. The first-order valence-electron chi connectivity index (χ1n) is 9.18. The van der Waals surface area contributed by atoms with Gasteiger partial charge in [-0.05, 0) is 53.6 Å². The Bertz CT molecular complexity index is 930. The van der Waals surface area contributed by atoms with Crippen LogP contribution in [-0.4, -0.2) is 18.2 Å². The van der Waals surface area contributed by atoms with E-state index < -0.39 is 0 Å². The Morgan fingerprint density at radius 2 is 1.59 bits per heavy atom. The number of thioether (sulfide) groups is 2. The molecule has 0 fully saturated rings. The number of hydrogen-bond acceptors (Lipinski definition) is 3. The molecule has 0 saturated heterocycles. The summed E-state index contributed by atoms with van der Waals surface area (Å²) in [6, 6.07) is 23.4. The van der Waals surface area contributed by atoms with Gasteiger partial charge in [0.2, 0.25) is 0 Å². The van der Waals surface area contributed by atoms with Crippen molar-refractivity contribution in [3.63, 3.8) is 0 Å². The highest BCUT2D eigenvalue weighted by atomic mass is 35.5. The summed E-state index contributed by atoms with van der Waals surface area (Å²) in [4.78, 5) is 13.5. The summed E-state index contributed by atoms with van der Waals surface area (Å²) in [5.74, 6) is 2.49. The van der Waals surface area contributed by atoms with E-state index in [9.17, 15) is 4.79 Å². The van der Waals surface area contributed by atoms with E-state index in [1.807, 2.05) is 72.8 Å². The van der Waals surface area contributed by atoms with E-state index in [0.717, 1.165) is 32.9 Å². The molecule has 3 aromatic rings. The minimum atomic E-state index is -0.0414. The normalized spacial score (nSPS) is 10.7. The Morgan fingerprint density at radius 1 is 0.862 bits per heavy atom. The van der Waals surface area contributed by atoms with Gasteiger partial charge in [-0.1, -0.05) is 53.5 Å². The van der Waals surface area contributed by atoms with Gasteiger partial charge in [0.15, 0.2) is 0 Å². The molecular formula is C23H21Cl2NOS2. The second-order valence-corrected chi connectivity index (χ2v) is 9.34. The van der Waals surface area contributed by atoms with E-state index in [1.54, 1.807) is 23.5 Å². The predicted octanol–water partition coefficient (Wildman–Crippen LogP) is 6.95. The van der Waals surface area contributed by atoms with E-state index in [4.69, 9.17) is 23.2 Å². The van der Waals surface area contributed by atoms with Crippen LogP contribution >= 0.6 is 46.7 Å². The maximum absolute atomic E-state index is 12.3. The summed E-state index contributed by atoms with van der Waals surface area (Å²) < 4.78 is 0. The lowest BCUT2D eigenvalue weighted by molar-refractivity contribution is 0.0956. The van der Waals surface area contributed by atoms with Crippen LogP contribution in [0.1, 0.15) is 21.5 Å². The molecule has 0 aromatic heterocycles. The first-order chi connectivity index (χ1) is 14.1. The van der Waals surface area contributed by atoms with Crippen LogP contribution in [0.25, 0.3) is 0 Å². The van der Waals surface area contributed by atoms with Crippen molar-refractivity contribution < 1.29 is 4.79 Å². The third-order valence-electron chi connectivity index (χ3n) is 4.18. The standard InChI is InChI=1S/C23H21Cl2NOS2/c24-20-9-11-21(12-10-20)29-15-17-5-7-18(8-6-17)23(27)26-13-14-28-16-19-3-1-2-4-22(19)25/h1-12H,13-16H2,(H,26,27). The number of carbonyl (C=O) groups excluding carboxylic acids is 1. The molecule has 3 aromatic carbocycles. The predicted molar refractivity (Wildman–Crippen MR) is 127 cm³/mol. The lowest BCUT2D eigenvalue weighted by Gasteiger charge is -2.07. The van der Waals surface area contributed by atoms with Gasteiger partial charge in [0.1, 0.15) is 0 Å². The Labute approximate surface area is 190 Å². The van der Waals surface area contributed by atoms with Gasteiger partial charge in [-0.2, -0.15) is 11.8 Å². The molecule has 0 aliphatic heterocycles. The molecule has 0 radical (unpaired) electrons. The fourth-order valence-corrected chi connectivity index (χ4v) is 4.71. The molecule has 0 spiro atoms. The van der Waals surface area contributed by atoms with Gasteiger partial charge in [0.25, 0.3) is 5.91 Å². The van der Waals surface area contributed by atoms with Crippen molar-refractivity contribution in [1.82, 2.24) is 5.32 Å². The minimum Gasteiger partial charge on any atom is -0.351 e. The van der Waals surface area contributed by atoms with Crippen LogP contribution < -0.4 is 5.32 Å². The summed E-state index contributed by atoms with van der Waals surface area (Å²) in [7, 11) is 0. The van der Waals surface area contributed by atoms with Gasteiger partial charge in [-0.3, -0.25) is 4.79 Å². The molecule has 0 unspecified atom stereocenters. The van der Waals surface area contributed by atoms with Gasteiger partial charge in [0, 0.05) is 44.3 Å². The zero-order valence-corrected chi connectivity index (χ0v) is 18.9. The highest BCUT2D eigenvalue weighted by Gasteiger charge is 2.06. The van der Waals surface area contributed by atoms with Gasteiger partial charge < -0.3 is 5.32 Å². The maximum Gasteiger partial charge on any atom is 0.251 e. The number of rotatable bonds is 9. The molecule has 1 N–H and O–H groups in total. The third-order valence-corrected chi connectivity index (χ3v) is 6.89. The average molecular weight is 462 g/mol. The van der Waals surface area contributed by atoms with Crippen molar-refractivity contribution in [2.75, 3.05) is 12.3 Å². The number of amides is 1. The number of halogens is 2. The first kappa shape index (κ1) is 22.1. The van der Waals surface area contributed by atoms with Crippen molar-refractivity contribution in [2.24, 2.45) is 0 Å². The highest BCUT2D eigenvalue weighted by molar-refractivity contribution is 7.98. The SMILES string of the molecule is O=C(NCCSCc1ccccc1Cl)c1ccc(CSc2ccc(Cl)cc2)cc1.